The number of carbonyl (C=O) groups is 1. The average Bonchev–Trinajstić information content (AvgIpc) is 3.08. The van der Waals surface area contributed by atoms with Crippen LogP contribution in [0.3, 0.4) is 0 Å². The minimum absolute atomic E-state index is 0.00442. The van der Waals surface area contributed by atoms with Crippen molar-refractivity contribution in [3.63, 3.8) is 0 Å². The van der Waals surface area contributed by atoms with E-state index in [0.29, 0.717) is 11.3 Å². The Hall–Kier alpha value is -1.24. The maximum absolute atomic E-state index is 11.8. The zero-order valence-electron chi connectivity index (χ0n) is 10.1. The largest absolute Gasteiger partial charge is 0.335 e. The third-order valence-corrected chi connectivity index (χ3v) is 4.52. The summed E-state index contributed by atoms with van der Waals surface area (Å²) in [6.45, 7) is 3.41. The Bertz CT molecular complexity index is 470. The van der Waals surface area contributed by atoms with Crippen LogP contribution in [0.5, 0.6) is 0 Å². The average molecular weight is 316 g/mol. The number of alkyl halides is 1. The second-order valence-corrected chi connectivity index (χ2v) is 5.92. The Kier molecular flexibility index (Phi) is 3.27. The molecule has 0 aromatic rings. The van der Waals surface area contributed by atoms with Crippen molar-refractivity contribution in [3.8, 4) is 0 Å². The number of nitrogens with zero attached hydrogens (tertiary/aromatic N) is 2. The highest BCUT2D eigenvalue weighted by Gasteiger charge is 2.53. The number of rotatable bonds is 3. The van der Waals surface area contributed by atoms with Gasteiger partial charge in [-0.15, -0.1) is 0 Å². The van der Waals surface area contributed by atoms with Crippen LogP contribution in [0.1, 0.15) is 26.7 Å². The minimum atomic E-state index is -1.54. The molecule has 0 aromatic heterocycles. The molecule has 0 aromatic carbocycles. The lowest BCUT2D eigenvalue weighted by Gasteiger charge is -2.30. The van der Waals surface area contributed by atoms with Crippen molar-refractivity contribution in [3.05, 3.63) is 21.8 Å². The molecule has 0 bridgehead atoms. The molecule has 2 rings (SSSR count). The summed E-state index contributed by atoms with van der Waals surface area (Å²) >= 11 is 3.13. The fraction of sp³-hybridized carbons (Fsp3) is 0.636. The van der Waals surface area contributed by atoms with E-state index >= 15 is 0 Å². The van der Waals surface area contributed by atoms with Gasteiger partial charge in [0, 0.05) is 38.1 Å². The van der Waals surface area contributed by atoms with Gasteiger partial charge in [-0.25, -0.2) is 0 Å². The lowest BCUT2D eigenvalue weighted by molar-refractivity contribution is -0.528. The molecule has 2 atom stereocenters. The van der Waals surface area contributed by atoms with E-state index < -0.39 is 15.5 Å². The van der Waals surface area contributed by atoms with Crippen molar-refractivity contribution < 1.29 is 9.72 Å². The number of hydrogen-bond donors (Lipinski definition) is 1. The zero-order valence-corrected chi connectivity index (χ0v) is 11.7. The molecule has 1 aliphatic heterocycles. The van der Waals surface area contributed by atoms with Crippen LogP contribution in [0.2, 0.25) is 0 Å². The quantitative estimate of drug-likeness (QED) is 0.372. The fourth-order valence-corrected chi connectivity index (χ4v) is 2.26. The summed E-state index contributed by atoms with van der Waals surface area (Å²) in [6, 6.07) is 0. The van der Waals surface area contributed by atoms with Crippen molar-refractivity contribution in [2.24, 2.45) is 10.9 Å². The van der Waals surface area contributed by atoms with E-state index in [4.69, 9.17) is 0 Å². The maximum atomic E-state index is 11.8. The maximum Gasteiger partial charge on any atom is 0.335 e. The summed E-state index contributed by atoms with van der Waals surface area (Å²) in [5.74, 6) is -0.160. The van der Waals surface area contributed by atoms with Gasteiger partial charge in [0.25, 0.3) is 0 Å². The Morgan fingerprint density at radius 1 is 1.61 bits per heavy atom. The molecule has 0 saturated heterocycles. The molecular weight excluding hydrogens is 302 g/mol. The van der Waals surface area contributed by atoms with Crippen molar-refractivity contribution in [1.82, 2.24) is 5.32 Å². The molecule has 1 saturated carbocycles. The Morgan fingerprint density at radius 3 is 2.72 bits per heavy atom. The Morgan fingerprint density at radius 2 is 2.22 bits per heavy atom. The van der Waals surface area contributed by atoms with E-state index in [2.05, 4.69) is 26.2 Å². The lowest BCUT2D eigenvalue weighted by atomic mass is 10.0. The van der Waals surface area contributed by atoms with Crippen molar-refractivity contribution >= 4 is 27.5 Å². The molecule has 2 unspecified atom stereocenters. The first-order chi connectivity index (χ1) is 8.35. The predicted molar refractivity (Wildman–Crippen MR) is 70.2 cm³/mol. The minimum Gasteiger partial charge on any atom is -0.327 e. The lowest BCUT2D eigenvalue weighted by Crippen LogP contribution is -2.55. The Balaban J connectivity index is 2.26. The molecule has 18 heavy (non-hydrogen) atoms. The molecule has 0 spiro atoms. The highest BCUT2D eigenvalue weighted by molar-refractivity contribution is 9.10. The molecule has 1 heterocycles. The van der Waals surface area contributed by atoms with Gasteiger partial charge in [-0.2, -0.15) is 0 Å². The second-order valence-electron chi connectivity index (χ2n) is 4.71. The van der Waals surface area contributed by atoms with Gasteiger partial charge in [-0.1, -0.05) is 0 Å². The number of nitrogens with one attached hydrogen (secondary N) is 1. The van der Waals surface area contributed by atoms with Gasteiger partial charge >= 0.3 is 4.45 Å². The third kappa shape index (κ3) is 2.19. The van der Waals surface area contributed by atoms with Crippen LogP contribution >= 0.6 is 15.9 Å². The topological polar surface area (TPSA) is 84.6 Å². The number of aliphatic imine (C=N–C) groups is 1. The van der Waals surface area contributed by atoms with Crippen LogP contribution in [-0.4, -0.2) is 27.2 Å². The number of allylic oxidation sites excluding steroid dienone is 1. The van der Waals surface area contributed by atoms with Crippen LogP contribution in [0.25, 0.3) is 0 Å². The molecular formula is C11H14BrN3O3. The van der Waals surface area contributed by atoms with Crippen LogP contribution < -0.4 is 5.32 Å². The van der Waals surface area contributed by atoms with Gasteiger partial charge in [0.1, 0.15) is 0 Å². The number of carbonyl (C=O) groups excluding carboxylic acids is 1. The molecule has 1 aliphatic carbocycles. The van der Waals surface area contributed by atoms with Crippen LogP contribution in [0.4, 0.5) is 0 Å². The normalized spacial score (nSPS) is 31.4. The standard InChI is InChI=1S/C11H14BrN3O3/c1-6-5-7(2)13-10(11(6,12)15(17)18)14-9(16)8-3-4-8/h5,8,10H,3-4H2,1-2H3,(H,14,16). The van der Waals surface area contributed by atoms with Crippen LogP contribution in [0.15, 0.2) is 16.6 Å². The second kappa shape index (κ2) is 4.46. The number of nitro groups is 1. The van der Waals surface area contributed by atoms with Crippen molar-refractivity contribution in [2.75, 3.05) is 0 Å². The SMILES string of the molecule is CC1=CC(C)=NC(NC(=O)C2CC2)C1(Br)[N+](=O)[O-]. The summed E-state index contributed by atoms with van der Waals surface area (Å²) in [5, 5.41) is 13.9. The first kappa shape index (κ1) is 13.2. The molecule has 1 fully saturated rings. The fourth-order valence-electron chi connectivity index (χ4n) is 1.93. The summed E-state index contributed by atoms with van der Waals surface area (Å²) < 4.78 is -1.54. The van der Waals surface area contributed by atoms with E-state index in [0.717, 1.165) is 12.8 Å². The molecule has 7 heteroatoms. The molecule has 2 aliphatic rings. The molecule has 6 nitrogen and oxygen atoms in total. The van der Waals surface area contributed by atoms with Crippen LogP contribution in [0, 0.1) is 16.0 Å². The van der Waals surface area contributed by atoms with E-state index in [1.165, 1.54) is 0 Å². The monoisotopic (exact) mass is 315 g/mol. The molecule has 1 N–H and O–H groups in total. The van der Waals surface area contributed by atoms with E-state index in [-0.39, 0.29) is 11.8 Å². The van der Waals surface area contributed by atoms with Gasteiger partial charge in [0.05, 0.1) is 0 Å². The van der Waals surface area contributed by atoms with Crippen molar-refractivity contribution in [1.29, 1.82) is 0 Å². The smallest absolute Gasteiger partial charge is 0.327 e. The van der Waals surface area contributed by atoms with Crippen LogP contribution in [-0.2, 0) is 4.79 Å². The summed E-state index contributed by atoms with van der Waals surface area (Å²) in [7, 11) is 0. The third-order valence-electron chi connectivity index (χ3n) is 3.17. The highest BCUT2D eigenvalue weighted by Crippen LogP contribution is 2.36. The molecule has 98 valence electrons. The number of amides is 1. The predicted octanol–water partition coefficient (Wildman–Crippen LogP) is 1.63. The summed E-state index contributed by atoms with van der Waals surface area (Å²) in [5.41, 5.74) is 1.20. The summed E-state index contributed by atoms with van der Waals surface area (Å²) in [6.07, 6.45) is 2.45. The number of dihydropyridines is 1. The van der Waals surface area contributed by atoms with Crippen molar-refractivity contribution in [2.45, 2.75) is 37.3 Å². The van der Waals surface area contributed by atoms with Gasteiger partial charge in [-0.05, 0) is 32.8 Å². The van der Waals surface area contributed by atoms with Gasteiger partial charge < -0.3 is 5.32 Å². The number of hydrogen-bond acceptors (Lipinski definition) is 4. The zero-order chi connectivity index (χ0) is 13.5. The van der Waals surface area contributed by atoms with E-state index in [9.17, 15) is 14.9 Å². The van der Waals surface area contributed by atoms with Gasteiger partial charge in [0.2, 0.25) is 12.1 Å². The molecule has 0 radical (unpaired) electrons. The number of halogens is 1. The van der Waals surface area contributed by atoms with E-state index in [1.807, 2.05) is 0 Å². The van der Waals surface area contributed by atoms with Gasteiger partial charge in [-0.3, -0.25) is 19.9 Å². The first-order valence-corrected chi connectivity index (χ1v) is 6.52. The highest BCUT2D eigenvalue weighted by atomic mass is 79.9. The van der Waals surface area contributed by atoms with E-state index in [1.54, 1.807) is 19.9 Å². The first-order valence-electron chi connectivity index (χ1n) is 5.72. The summed E-state index contributed by atoms with van der Waals surface area (Å²) in [4.78, 5) is 26.7. The molecule has 1 amide bonds. The Labute approximate surface area is 113 Å². The van der Waals surface area contributed by atoms with Gasteiger partial charge in [0.15, 0.2) is 0 Å².